The van der Waals surface area contributed by atoms with Gasteiger partial charge in [0.2, 0.25) is 0 Å². The summed E-state index contributed by atoms with van der Waals surface area (Å²) in [6, 6.07) is 32.6. The summed E-state index contributed by atoms with van der Waals surface area (Å²) in [6.07, 6.45) is 1.02. The van der Waals surface area contributed by atoms with Gasteiger partial charge in [-0.25, -0.2) is 0 Å². The Bertz CT molecular complexity index is 1380. The van der Waals surface area contributed by atoms with E-state index in [9.17, 15) is 9.36 Å². The van der Waals surface area contributed by atoms with Crippen LogP contribution in [0.2, 0.25) is 0 Å². The van der Waals surface area contributed by atoms with Gasteiger partial charge in [-0.2, -0.15) is 0 Å². The van der Waals surface area contributed by atoms with Crippen molar-refractivity contribution in [2.75, 3.05) is 20.4 Å². The Morgan fingerprint density at radius 2 is 1.32 bits per heavy atom. The SMILES string of the molecule is COc1ccc(CN2C(=O)c3cc(OC)ccc3C2CCP(=O)(c2ccccc2)c2ccccc2)cc1. The number of hydrogen-bond donors (Lipinski definition) is 0. The Labute approximate surface area is 218 Å². The maximum atomic E-state index is 14.7. The fourth-order valence-corrected chi connectivity index (χ4v) is 7.80. The van der Waals surface area contributed by atoms with E-state index in [4.69, 9.17) is 9.47 Å². The van der Waals surface area contributed by atoms with Crippen molar-refractivity contribution in [2.24, 2.45) is 0 Å². The quantitative estimate of drug-likeness (QED) is 0.266. The van der Waals surface area contributed by atoms with Crippen LogP contribution in [0, 0.1) is 0 Å². The molecule has 1 aliphatic heterocycles. The van der Waals surface area contributed by atoms with Crippen molar-refractivity contribution in [1.82, 2.24) is 4.90 Å². The molecule has 0 bridgehead atoms. The number of carbonyl (C=O) groups excluding carboxylic acids is 1. The van der Waals surface area contributed by atoms with E-state index in [0.29, 0.717) is 30.4 Å². The van der Waals surface area contributed by atoms with Crippen molar-refractivity contribution in [3.05, 3.63) is 120 Å². The van der Waals surface area contributed by atoms with Gasteiger partial charge in [0.15, 0.2) is 0 Å². The monoisotopic (exact) mass is 511 g/mol. The maximum Gasteiger partial charge on any atom is 0.255 e. The van der Waals surface area contributed by atoms with E-state index >= 15 is 0 Å². The molecule has 1 heterocycles. The van der Waals surface area contributed by atoms with Gasteiger partial charge in [-0.15, -0.1) is 0 Å². The molecule has 1 amide bonds. The van der Waals surface area contributed by atoms with Crippen LogP contribution >= 0.6 is 7.14 Å². The number of carbonyl (C=O) groups is 1. The number of hydrogen-bond acceptors (Lipinski definition) is 4. The first-order valence-corrected chi connectivity index (χ1v) is 14.2. The molecule has 1 atom stereocenters. The van der Waals surface area contributed by atoms with Gasteiger partial charge in [-0.05, 0) is 41.8 Å². The molecule has 4 aromatic carbocycles. The third kappa shape index (κ3) is 4.92. The summed E-state index contributed by atoms with van der Waals surface area (Å²) in [7, 11) is 0.314. The largest absolute Gasteiger partial charge is 0.497 e. The highest BCUT2D eigenvalue weighted by Crippen LogP contribution is 2.48. The molecule has 0 fully saturated rings. The second kappa shape index (κ2) is 10.7. The Balaban J connectivity index is 1.50. The standard InChI is InChI=1S/C31H30NO4P/c1-35-24-15-13-23(14-16-24)22-32-30(28-18-17-25(36-2)21-29(28)31(32)33)19-20-37(34,26-9-5-3-6-10-26)27-11-7-4-8-12-27/h3-18,21,30H,19-20,22H2,1-2H3. The Kier molecular flexibility index (Phi) is 7.16. The predicted octanol–water partition coefficient (Wildman–Crippen LogP) is 5.81. The van der Waals surface area contributed by atoms with Crippen LogP contribution in [0.25, 0.3) is 0 Å². The van der Waals surface area contributed by atoms with Gasteiger partial charge in [-0.1, -0.05) is 78.9 Å². The maximum absolute atomic E-state index is 14.7. The van der Waals surface area contributed by atoms with Gasteiger partial charge in [0, 0.05) is 28.9 Å². The van der Waals surface area contributed by atoms with Crippen LogP contribution in [0.15, 0.2) is 103 Å². The van der Waals surface area contributed by atoms with Crippen LogP contribution in [0.4, 0.5) is 0 Å². The van der Waals surface area contributed by atoms with E-state index in [1.807, 2.05) is 108 Å². The normalized spacial score (nSPS) is 14.9. The first-order chi connectivity index (χ1) is 18.0. The Morgan fingerprint density at radius 1 is 0.757 bits per heavy atom. The fraction of sp³-hybridized carbons (Fsp3) is 0.194. The van der Waals surface area contributed by atoms with Gasteiger partial charge in [0.05, 0.1) is 20.3 Å². The van der Waals surface area contributed by atoms with Crippen LogP contribution in [0.1, 0.15) is 33.9 Å². The summed E-state index contributed by atoms with van der Waals surface area (Å²) in [5, 5.41) is 1.67. The number of rotatable bonds is 9. The van der Waals surface area contributed by atoms with Crippen molar-refractivity contribution in [2.45, 2.75) is 19.0 Å². The minimum atomic E-state index is -2.92. The number of fused-ring (bicyclic) bond motifs is 1. The topological polar surface area (TPSA) is 55.8 Å². The van der Waals surface area contributed by atoms with Gasteiger partial charge in [-0.3, -0.25) is 4.79 Å². The molecule has 0 N–H and O–H groups in total. The van der Waals surface area contributed by atoms with E-state index in [1.165, 1.54) is 0 Å². The van der Waals surface area contributed by atoms with Gasteiger partial charge >= 0.3 is 0 Å². The van der Waals surface area contributed by atoms with Crippen LogP contribution in [0.3, 0.4) is 0 Å². The van der Waals surface area contributed by atoms with Crippen molar-refractivity contribution in [3.63, 3.8) is 0 Å². The lowest BCUT2D eigenvalue weighted by Crippen LogP contribution is -2.29. The van der Waals surface area contributed by atoms with Crippen molar-refractivity contribution < 1.29 is 18.8 Å². The summed E-state index contributed by atoms with van der Waals surface area (Å²) in [4.78, 5) is 15.5. The molecular weight excluding hydrogens is 481 g/mol. The molecule has 0 aliphatic carbocycles. The lowest BCUT2D eigenvalue weighted by Gasteiger charge is -2.28. The zero-order valence-electron chi connectivity index (χ0n) is 21.0. The third-order valence-electron chi connectivity index (χ3n) is 7.06. The number of nitrogens with zero attached hydrogens (tertiary/aromatic N) is 1. The third-order valence-corrected chi connectivity index (χ3v) is 10.2. The minimum absolute atomic E-state index is 0.0380. The second-order valence-corrected chi connectivity index (χ2v) is 12.1. The lowest BCUT2D eigenvalue weighted by atomic mass is 10.0. The molecule has 0 radical (unpaired) electrons. The summed E-state index contributed by atoms with van der Waals surface area (Å²) in [6.45, 7) is 0.450. The first-order valence-electron chi connectivity index (χ1n) is 12.4. The molecule has 0 saturated heterocycles. The number of ether oxygens (including phenoxy) is 2. The van der Waals surface area contributed by atoms with E-state index in [1.54, 1.807) is 14.2 Å². The van der Waals surface area contributed by atoms with E-state index < -0.39 is 7.14 Å². The average Bonchev–Trinajstić information content (AvgIpc) is 3.22. The van der Waals surface area contributed by atoms with Crippen LogP contribution in [-0.4, -0.2) is 31.2 Å². The molecule has 5 nitrogen and oxygen atoms in total. The second-order valence-electron chi connectivity index (χ2n) is 9.17. The molecule has 0 spiro atoms. The zero-order valence-corrected chi connectivity index (χ0v) is 21.9. The highest BCUT2D eigenvalue weighted by atomic mass is 31.2. The highest BCUT2D eigenvalue weighted by molar-refractivity contribution is 7.78. The molecule has 188 valence electrons. The highest BCUT2D eigenvalue weighted by Gasteiger charge is 2.39. The van der Waals surface area contributed by atoms with Crippen molar-refractivity contribution in [1.29, 1.82) is 0 Å². The zero-order chi connectivity index (χ0) is 25.8. The van der Waals surface area contributed by atoms with Crippen molar-refractivity contribution in [3.8, 4) is 11.5 Å². The number of methoxy groups -OCH3 is 2. The van der Waals surface area contributed by atoms with Crippen LogP contribution in [-0.2, 0) is 11.1 Å². The molecule has 4 aromatic rings. The van der Waals surface area contributed by atoms with E-state index in [-0.39, 0.29) is 11.9 Å². The van der Waals surface area contributed by atoms with Crippen LogP contribution < -0.4 is 20.1 Å². The smallest absolute Gasteiger partial charge is 0.255 e. The average molecular weight is 512 g/mol. The fourth-order valence-electron chi connectivity index (χ4n) is 5.07. The van der Waals surface area contributed by atoms with Crippen LogP contribution in [0.5, 0.6) is 11.5 Å². The number of benzene rings is 4. The summed E-state index contributed by atoms with van der Waals surface area (Å²) in [5.41, 5.74) is 2.60. The molecule has 1 aliphatic rings. The Morgan fingerprint density at radius 3 is 1.89 bits per heavy atom. The molecule has 6 heteroatoms. The van der Waals surface area contributed by atoms with E-state index in [0.717, 1.165) is 27.5 Å². The van der Waals surface area contributed by atoms with Gasteiger partial charge in [0.1, 0.15) is 18.6 Å². The van der Waals surface area contributed by atoms with Gasteiger partial charge in [0.25, 0.3) is 5.91 Å². The molecule has 5 rings (SSSR count). The summed E-state index contributed by atoms with van der Waals surface area (Å²) < 4.78 is 25.4. The van der Waals surface area contributed by atoms with Gasteiger partial charge < -0.3 is 18.9 Å². The van der Waals surface area contributed by atoms with E-state index in [2.05, 4.69) is 0 Å². The molecule has 37 heavy (non-hydrogen) atoms. The minimum Gasteiger partial charge on any atom is -0.497 e. The first kappa shape index (κ1) is 24.9. The van der Waals surface area contributed by atoms with Crippen molar-refractivity contribution >= 4 is 23.7 Å². The summed E-state index contributed by atoms with van der Waals surface area (Å²) >= 11 is 0. The lowest BCUT2D eigenvalue weighted by molar-refractivity contribution is 0.0706. The summed E-state index contributed by atoms with van der Waals surface area (Å²) in [5.74, 6) is 1.38. The predicted molar refractivity (Wildman–Crippen MR) is 148 cm³/mol. The molecule has 1 unspecified atom stereocenters. The molecule has 0 aromatic heterocycles. The molecular formula is C31H30NO4P. The molecule has 0 saturated carbocycles. The number of amides is 1. The Hall–Kier alpha value is -3.82.